The molecule has 0 unspecified atom stereocenters. The summed E-state index contributed by atoms with van der Waals surface area (Å²) in [6.07, 6.45) is 0.386. The summed E-state index contributed by atoms with van der Waals surface area (Å²) >= 11 is 1.29. The van der Waals surface area contributed by atoms with E-state index in [1.165, 1.54) is 18.4 Å². The van der Waals surface area contributed by atoms with Crippen LogP contribution in [-0.4, -0.2) is 36.5 Å². The molecule has 116 valence electrons. The van der Waals surface area contributed by atoms with Crippen molar-refractivity contribution < 1.29 is 19.1 Å². The molecule has 21 heavy (non-hydrogen) atoms. The van der Waals surface area contributed by atoms with Crippen LogP contribution >= 0.6 is 11.3 Å². The van der Waals surface area contributed by atoms with E-state index in [0.29, 0.717) is 11.3 Å². The molecule has 0 saturated heterocycles. The Kier molecular flexibility index (Phi) is 5.90. The first-order valence-corrected chi connectivity index (χ1v) is 7.46. The van der Waals surface area contributed by atoms with Crippen molar-refractivity contribution in [1.29, 1.82) is 0 Å². The van der Waals surface area contributed by atoms with Gasteiger partial charge in [0.05, 0.1) is 12.0 Å². The van der Waals surface area contributed by atoms with Crippen molar-refractivity contribution in [2.75, 3.05) is 7.11 Å². The minimum Gasteiger partial charge on any atom is -0.467 e. The second-order valence-electron chi connectivity index (χ2n) is 4.84. The SMILES string of the molecule is CC[C@](C)(NC(=O)[C@H](C)NC(=O)c1cccs1)C(=O)OC. The summed E-state index contributed by atoms with van der Waals surface area (Å²) in [7, 11) is 1.27. The number of rotatable bonds is 6. The highest BCUT2D eigenvalue weighted by Crippen LogP contribution is 2.12. The molecule has 0 radical (unpaired) electrons. The number of hydrogen-bond acceptors (Lipinski definition) is 5. The lowest BCUT2D eigenvalue weighted by molar-refractivity contribution is -0.150. The van der Waals surface area contributed by atoms with E-state index >= 15 is 0 Å². The number of carbonyl (C=O) groups is 3. The van der Waals surface area contributed by atoms with E-state index in [1.807, 2.05) is 0 Å². The largest absolute Gasteiger partial charge is 0.467 e. The third kappa shape index (κ3) is 4.29. The Labute approximate surface area is 127 Å². The number of ether oxygens (including phenoxy) is 1. The summed E-state index contributed by atoms with van der Waals surface area (Å²) in [5.41, 5.74) is -1.10. The summed E-state index contributed by atoms with van der Waals surface area (Å²) in [5, 5.41) is 7.00. The van der Waals surface area contributed by atoms with Crippen molar-refractivity contribution in [1.82, 2.24) is 10.6 Å². The lowest BCUT2D eigenvalue weighted by Gasteiger charge is -2.28. The number of amides is 2. The summed E-state index contributed by atoms with van der Waals surface area (Å²) in [6, 6.07) is 2.68. The van der Waals surface area contributed by atoms with E-state index in [-0.39, 0.29) is 5.91 Å². The highest BCUT2D eigenvalue weighted by Gasteiger charge is 2.35. The fourth-order valence-electron chi connectivity index (χ4n) is 1.63. The first-order valence-electron chi connectivity index (χ1n) is 6.59. The second-order valence-corrected chi connectivity index (χ2v) is 5.79. The van der Waals surface area contributed by atoms with Gasteiger partial charge >= 0.3 is 5.97 Å². The van der Waals surface area contributed by atoms with Crippen LogP contribution in [0.1, 0.15) is 36.9 Å². The fourth-order valence-corrected chi connectivity index (χ4v) is 2.26. The van der Waals surface area contributed by atoms with Crippen molar-refractivity contribution in [2.45, 2.75) is 38.8 Å². The van der Waals surface area contributed by atoms with Gasteiger partial charge in [-0.3, -0.25) is 9.59 Å². The summed E-state index contributed by atoms with van der Waals surface area (Å²) in [4.78, 5) is 36.2. The molecule has 2 N–H and O–H groups in total. The smallest absolute Gasteiger partial charge is 0.331 e. The normalized spacial score (nSPS) is 14.7. The predicted octanol–water partition coefficient (Wildman–Crippen LogP) is 1.32. The molecule has 0 spiro atoms. The zero-order valence-electron chi connectivity index (χ0n) is 12.6. The molecule has 0 aliphatic rings. The van der Waals surface area contributed by atoms with Crippen LogP contribution in [0.25, 0.3) is 0 Å². The first kappa shape index (κ1) is 17.2. The maximum atomic E-state index is 12.1. The van der Waals surface area contributed by atoms with Crippen molar-refractivity contribution in [3.8, 4) is 0 Å². The minimum absolute atomic E-state index is 0.316. The Bertz CT molecular complexity index is 515. The van der Waals surface area contributed by atoms with Gasteiger partial charge in [-0.2, -0.15) is 0 Å². The number of carbonyl (C=O) groups excluding carboxylic acids is 3. The molecule has 1 rings (SSSR count). The highest BCUT2D eigenvalue weighted by atomic mass is 32.1. The molecule has 0 aliphatic heterocycles. The van der Waals surface area contributed by atoms with Crippen LogP contribution in [0.2, 0.25) is 0 Å². The second kappa shape index (κ2) is 7.21. The fraction of sp³-hybridized carbons (Fsp3) is 0.500. The maximum absolute atomic E-state index is 12.1. The third-order valence-electron chi connectivity index (χ3n) is 3.23. The molecule has 0 aliphatic carbocycles. The van der Waals surface area contributed by atoms with Crippen LogP contribution in [0.4, 0.5) is 0 Å². The number of esters is 1. The Morgan fingerprint density at radius 3 is 2.57 bits per heavy atom. The number of hydrogen-bond donors (Lipinski definition) is 2. The van der Waals surface area contributed by atoms with Gasteiger partial charge in [0.25, 0.3) is 5.91 Å². The zero-order chi connectivity index (χ0) is 16.0. The van der Waals surface area contributed by atoms with Crippen LogP contribution in [0.15, 0.2) is 17.5 Å². The number of methoxy groups -OCH3 is 1. The first-order chi connectivity index (χ1) is 9.84. The van der Waals surface area contributed by atoms with E-state index in [1.54, 1.807) is 38.3 Å². The Balaban J connectivity index is 2.66. The summed E-state index contributed by atoms with van der Waals surface area (Å²) < 4.78 is 4.69. The molecule has 0 aromatic carbocycles. The van der Waals surface area contributed by atoms with Gasteiger partial charge in [-0.05, 0) is 31.7 Å². The van der Waals surface area contributed by atoms with Crippen molar-refractivity contribution in [3.63, 3.8) is 0 Å². The topological polar surface area (TPSA) is 84.5 Å². The molecule has 1 aromatic heterocycles. The molecule has 2 amide bonds. The molecule has 2 atom stereocenters. The highest BCUT2D eigenvalue weighted by molar-refractivity contribution is 7.12. The number of thiophene rings is 1. The van der Waals surface area contributed by atoms with Crippen LogP contribution in [-0.2, 0) is 14.3 Å². The van der Waals surface area contributed by atoms with Crippen LogP contribution < -0.4 is 10.6 Å². The monoisotopic (exact) mass is 312 g/mol. The van der Waals surface area contributed by atoms with E-state index in [9.17, 15) is 14.4 Å². The van der Waals surface area contributed by atoms with Crippen molar-refractivity contribution in [3.05, 3.63) is 22.4 Å². The van der Waals surface area contributed by atoms with Gasteiger partial charge in [0.1, 0.15) is 11.6 Å². The van der Waals surface area contributed by atoms with Gasteiger partial charge in [-0.1, -0.05) is 13.0 Å². The maximum Gasteiger partial charge on any atom is 0.331 e. The zero-order valence-corrected chi connectivity index (χ0v) is 13.4. The molecule has 6 nitrogen and oxygen atoms in total. The molecule has 0 saturated carbocycles. The van der Waals surface area contributed by atoms with Crippen LogP contribution in [0.3, 0.4) is 0 Å². The summed E-state index contributed by atoms with van der Waals surface area (Å²) in [6.45, 7) is 4.92. The van der Waals surface area contributed by atoms with Gasteiger partial charge < -0.3 is 15.4 Å². The number of nitrogens with one attached hydrogen (secondary N) is 2. The molecule has 1 aromatic rings. The van der Waals surface area contributed by atoms with E-state index in [0.717, 1.165) is 0 Å². The Morgan fingerprint density at radius 2 is 2.10 bits per heavy atom. The molecular weight excluding hydrogens is 292 g/mol. The van der Waals surface area contributed by atoms with Crippen molar-refractivity contribution >= 4 is 29.1 Å². The summed E-state index contributed by atoms with van der Waals surface area (Å²) in [5.74, 6) is -1.27. The van der Waals surface area contributed by atoms with E-state index in [4.69, 9.17) is 0 Å². The lowest BCUT2D eigenvalue weighted by Crippen LogP contribution is -2.57. The predicted molar refractivity (Wildman–Crippen MR) is 80.1 cm³/mol. The Morgan fingerprint density at radius 1 is 1.43 bits per heavy atom. The van der Waals surface area contributed by atoms with Crippen LogP contribution in [0, 0.1) is 0 Å². The minimum atomic E-state index is -1.10. The van der Waals surface area contributed by atoms with E-state index < -0.39 is 23.5 Å². The molecular formula is C14H20N2O4S. The van der Waals surface area contributed by atoms with E-state index in [2.05, 4.69) is 15.4 Å². The molecule has 1 heterocycles. The lowest BCUT2D eigenvalue weighted by atomic mass is 9.98. The van der Waals surface area contributed by atoms with Gasteiger partial charge in [0, 0.05) is 0 Å². The standard InChI is InChI=1S/C14H20N2O4S/c1-5-14(3,13(19)20-4)16-11(17)9(2)15-12(18)10-7-6-8-21-10/h6-9H,5H2,1-4H3,(H,15,18)(H,16,17)/t9-,14-/m0/s1. The third-order valence-corrected chi connectivity index (χ3v) is 4.10. The van der Waals surface area contributed by atoms with Crippen LogP contribution in [0.5, 0.6) is 0 Å². The Hall–Kier alpha value is -1.89. The van der Waals surface area contributed by atoms with Crippen molar-refractivity contribution in [2.24, 2.45) is 0 Å². The average molecular weight is 312 g/mol. The molecule has 0 bridgehead atoms. The molecule has 7 heteroatoms. The quantitative estimate of drug-likeness (QED) is 0.776. The molecule has 0 fully saturated rings. The average Bonchev–Trinajstić information content (AvgIpc) is 3.00. The van der Waals surface area contributed by atoms with Gasteiger partial charge in [-0.25, -0.2) is 4.79 Å². The van der Waals surface area contributed by atoms with Gasteiger partial charge in [-0.15, -0.1) is 11.3 Å². The van der Waals surface area contributed by atoms with Gasteiger partial charge in [0.2, 0.25) is 5.91 Å². The van der Waals surface area contributed by atoms with Gasteiger partial charge in [0.15, 0.2) is 0 Å².